The van der Waals surface area contributed by atoms with E-state index in [2.05, 4.69) is 23.8 Å². The van der Waals surface area contributed by atoms with E-state index in [4.69, 9.17) is 4.74 Å². The van der Waals surface area contributed by atoms with Gasteiger partial charge in [0.2, 0.25) is 0 Å². The number of hydrogen-bond acceptors (Lipinski definition) is 3. The van der Waals surface area contributed by atoms with Crippen LogP contribution in [0.1, 0.15) is 96.5 Å². The summed E-state index contributed by atoms with van der Waals surface area (Å²) in [5, 5.41) is 0. The monoisotopic (exact) mass is 446 g/mol. The van der Waals surface area contributed by atoms with E-state index in [1.165, 1.54) is 51.0 Å². The van der Waals surface area contributed by atoms with Crippen molar-refractivity contribution in [3.63, 3.8) is 0 Å². The van der Waals surface area contributed by atoms with Crippen LogP contribution >= 0.6 is 0 Å². The first-order chi connectivity index (χ1) is 15.6. The van der Waals surface area contributed by atoms with Crippen LogP contribution in [-0.4, -0.2) is 22.7 Å². The maximum atomic E-state index is 14.5. The zero-order chi connectivity index (χ0) is 23.0. The second kappa shape index (κ2) is 15.7. The van der Waals surface area contributed by atoms with Gasteiger partial charge in [-0.1, -0.05) is 71.6 Å². The van der Waals surface area contributed by atoms with Crippen molar-refractivity contribution in [2.24, 2.45) is 0 Å². The SMILES string of the molecule is CCCCCCCc1cnc(-c2ccc(OCCC(F)CCCCCCC)c(F)c2)nc1. The lowest BCUT2D eigenvalue weighted by Crippen LogP contribution is -2.08. The second-order valence-electron chi connectivity index (χ2n) is 8.66. The van der Waals surface area contributed by atoms with Gasteiger partial charge in [-0.05, 0) is 43.0 Å². The number of aromatic nitrogens is 2. The van der Waals surface area contributed by atoms with Crippen LogP contribution in [0.25, 0.3) is 11.4 Å². The van der Waals surface area contributed by atoms with Crippen LogP contribution in [0, 0.1) is 5.82 Å². The van der Waals surface area contributed by atoms with Gasteiger partial charge in [0.15, 0.2) is 17.4 Å². The van der Waals surface area contributed by atoms with E-state index in [-0.39, 0.29) is 18.8 Å². The molecule has 5 heteroatoms. The van der Waals surface area contributed by atoms with Crippen LogP contribution in [0.3, 0.4) is 0 Å². The minimum Gasteiger partial charge on any atom is -0.490 e. The molecule has 0 amide bonds. The predicted octanol–water partition coefficient (Wildman–Crippen LogP) is 8.26. The molecule has 1 unspecified atom stereocenters. The number of rotatable bonds is 17. The van der Waals surface area contributed by atoms with Gasteiger partial charge < -0.3 is 4.74 Å². The van der Waals surface area contributed by atoms with Crippen LogP contribution in [0.5, 0.6) is 5.75 Å². The zero-order valence-electron chi connectivity index (χ0n) is 19.9. The largest absolute Gasteiger partial charge is 0.490 e. The van der Waals surface area contributed by atoms with Crippen molar-refractivity contribution in [3.05, 3.63) is 42.0 Å². The molecule has 3 nitrogen and oxygen atoms in total. The average Bonchev–Trinajstić information content (AvgIpc) is 2.80. The third kappa shape index (κ3) is 10.1. The quantitative estimate of drug-likeness (QED) is 0.229. The van der Waals surface area contributed by atoms with Gasteiger partial charge >= 0.3 is 0 Å². The van der Waals surface area contributed by atoms with Gasteiger partial charge in [0, 0.05) is 24.4 Å². The third-order valence-corrected chi connectivity index (χ3v) is 5.77. The Bertz CT molecular complexity index is 752. The molecule has 1 aromatic carbocycles. The normalized spacial score (nSPS) is 12.1. The van der Waals surface area contributed by atoms with Crippen molar-refractivity contribution in [3.8, 4) is 17.1 Å². The van der Waals surface area contributed by atoms with Gasteiger partial charge in [0.05, 0.1) is 6.61 Å². The fourth-order valence-electron chi connectivity index (χ4n) is 3.73. The summed E-state index contributed by atoms with van der Waals surface area (Å²) in [4.78, 5) is 8.80. The van der Waals surface area contributed by atoms with E-state index >= 15 is 0 Å². The van der Waals surface area contributed by atoms with Gasteiger partial charge in [0.25, 0.3) is 0 Å². The van der Waals surface area contributed by atoms with Crippen molar-refractivity contribution in [2.45, 2.75) is 103 Å². The molecule has 0 aliphatic carbocycles. The molecule has 1 heterocycles. The van der Waals surface area contributed by atoms with Gasteiger partial charge in [-0.2, -0.15) is 0 Å². The Morgan fingerprint density at radius 2 is 1.50 bits per heavy atom. The molecule has 0 N–H and O–H groups in total. The number of hydrogen-bond donors (Lipinski definition) is 0. The Morgan fingerprint density at radius 1 is 0.844 bits per heavy atom. The molecule has 1 aromatic heterocycles. The van der Waals surface area contributed by atoms with Gasteiger partial charge in [-0.3, -0.25) is 0 Å². The minimum atomic E-state index is -0.891. The molecule has 2 aromatic rings. The van der Waals surface area contributed by atoms with Crippen LogP contribution in [0.15, 0.2) is 30.6 Å². The van der Waals surface area contributed by atoms with Crippen molar-refractivity contribution in [1.29, 1.82) is 0 Å². The Labute approximate surface area is 193 Å². The summed E-state index contributed by atoms with van der Waals surface area (Å²) in [7, 11) is 0. The first-order valence-electron chi connectivity index (χ1n) is 12.5. The van der Waals surface area contributed by atoms with Crippen LogP contribution < -0.4 is 4.74 Å². The number of aryl methyl sites for hydroxylation is 1. The van der Waals surface area contributed by atoms with E-state index in [0.29, 0.717) is 17.8 Å². The summed E-state index contributed by atoms with van der Waals surface area (Å²) in [5.74, 6) is 0.172. The maximum Gasteiger partial charge on any atom is 0.165 e. The highest BCUT2D eigenvalue weighted by atomic mass is 19.1. The lowest BCUT2D eigenvalue weighted by atomic mass is 10.1. The highest BCUT2D eigenvalue weighted by Crippen LogP contribution is 2.24. The van der Waals surface area contributed by atoms with Gasteiger partial charge in [0.1, 0.15) is 6.17 Å². The van der Waals surface area contributed by atoms with Gasteiger partial charge in [-0.15, -0.1) is 0 Å². The Hall–Kier alpha value is -2.04. The van der Waals surface area contributed by atoms with E-state index in [9.17, 15) is 8.78 Å². The summed E-state index contributed by atoms with van der Waals surface area (Å²) < 4.78 is 33.9. The fraction of sp³-hybridized carbons (Fsp3) is 0.630. The van der Waals surface area contributed by atoms with Crippen molar-refractivity contribution in [2.75, 3.05) is 6.61 Å². The molecular weight excluding hydrogens is 406 g/mol. The molecule has 0 fully saturated rings. The maximum absolute atomic E-state index is 14.5. The lowest BCUT2D eigenvalue weighted by Gasteiger charge is -2.11. The molecule has 0 saturated heterocycles. The third-order valence-electron chi connectivity index (χ3n) is 5.77. The zero-order valence-corrected chi connectivity index (χ0v) is 19.9. The first-order valence-corrected chi connectivity index (χ1v) is 12.5. The molecule has 32 heavy (non-hydrogen) atoms. The van der Waals surface area contributed by atoms with E-state index in [1.54, 1.807) is 12.1 Å². The number of alkyl halides is 1. The first kappa shape index (κ1) is 26.2. The number of unbranched alkanes of at least 4 members (excludes halogenated alkanes) is 8. The van der Waals surface area contributed by atoms with Crippen molar-refractivity contribution < 1.29 is 13.5 Å². The summed E-state index contributed by atoms with van der Waals surface area (Å²) in [6, 6.07) is 4.71. The summed E-state index contributed by atoms with van der Waals surface area (Å²) in [6.07, 6.45) is 16.3. The summed E-state index contributed by atoms with van der Waals surface area (Å²) >= 11 is 0. The minimum absolute atomic E-state index is 0.146. The summed E-state index contributed by atoms with van der Waals surface area (Å²) in [6.45, 7) is 4.56. The van der Waals surface area contributed by atoms with Crippen LogP contribution in [0.2, 0.25) is 0 Å². The fourth-order valence-corrected chi connectivity index (χ4v) is 3.73. The average molecular weight is 447 g/mol. The Morgan fingerprint density at radius 3 is 2.16 bits per heavy atom. The Balaban J connectivity index is 1.75. The van der Waals surface area contributed by atoms with Crippen LogP contribution in [-0.2, 0) is 6.42 Å². The number of nitrogens with zero attached hydrogens (tertiary/aromatic N) is 2. The van der Waals surface area contributed by atoms with E-state index in [1.807, 2.05) is 12.4 Å². The highest BCUT2D eigenvalue weighted by molar-refractivity contribution is 5.56. The molecule has 0 radical (unpaired) electrons. The molecule has 0 bridgehead atoms. The number of halogens is 2. The van der Waals surface area contributed by atoms with Crippen molar-refractivity contribution >= 4 is 0 Å². The smallest absolute Gasteiger partial charge is 0.165 e. The molecule has 1 atom stereocenters. The lowest BCUT2D eigenvalue weighted by molar-refractivity contribution is 0.217. The van der Waals surface area contributed by atoms with Gasteiger partial charge in [-0.25, -0.2) is 18.7 Å². The van der Waals surface area contributed by atoms with Crippen LogP contribution in [0.4, 0.5) is 8.78 Å². The van der Waals surface area contributed by atoms with E-state index in [0.717, 1.165) is 31.2 Å². The Kier molecular flexibility index (Phi) is 12.9. The molecule has 0 spiro atoms. The molecule has 178 valence electrons. The topological polar surface area (TPSA) is 35.0 Å². The number of ether oxygens (including phenoxy) is 1. The molecule has 2 rings (SSSR count). The van der Waals surface area contributed by atoms with Crippen molar-refractivity contribution in [1.82, 2.24) is 9.97 Å². The number of benzene rings is 1. The highest BCUT2D eigenvalue weighted by Gasteiger charge is 2.11. The molecular formula is C27H40F2N2O. The standard InChI is InChI=1S/C27H40F2N2O/c1-3-5-7-9-11-13-22-20-30-27(31-21-22)23-15-16-26(25(29)19-23)32-18-17-24(28)14-12-10-8-6-4-2/h15-16,19-21,24H,3-14,17-18H2,1-2H3. The van der Waals surface area contributed by atoms with E-state index < -0.39 is 12.0 Å². The second-order valence-corrected chi connectivity index (χ2v) is 8.66. The molecule has 0 aliphatic heterocycles. The molecule has 0 aliphatic rings. The molecule has 0 saturated carbocycles. The summed E-state index contributed by atoms with van der Waals surface area (Å²) in [5.41, 5.74) is 1.72. The predicted molar refractivity (Wildman–Crippen MR) is 128 cm³/mol.